The zero-order valence-electron chi connectivity index (χ0n) is 17.0. The number of benzene rings is 1. The van der Waals surface area contributed by atoms with E-state index in [9.17, 15) is 9.90 Å². The van der Waals surface area contributed by atoms with Crippen molar-refractivity contribution in [2.75, 3.05) is 0 Å². The van der Waals surface area contributed by atoms with Crippen LogP contribution in [0.2, 0.25) is 0 Å². The molecule has 3 unspecified atom stereocenters. The summed E-state index contributed by atoms with van der Waals surface area (Å²) < 4.78 is 0. The second kappa shape index (κ2) is 12.3. The summed E-state index contributed by atoms with van der Waals surface area (Å²) in [5.41, 5.74) is 2.54. The molecule has 0 aromatic heterocycles. The topological polar surface area (TPSA) is 57.5 Å². The van der Waals surface area contributed by atoms with Crippen LogP contribution in [0.5, 0.6) is 0 Å². The van der Waals surface area contributed by atoms with Gasteiger partial charge in [0.05, 0.1) is 6.10 Å². The minimum absolute atomic E-state index is 0.0302. The van der Waals surface area contributed by atoms with Crippen molar-refractivity contribution in [3.05, 3.63) is 47.5 Å². The summed E-state index contributed by atoms with van der Waals surface area (Å²) in [6.45, 7) is 2.23. The van der Waals surface area contributed by atoms with Crippen LogP contribution in [-0.4, -0.2) is 27.7 Å². The molecule has 1 aromatic rings. The number of unbranched alkanes of at least 4 members (excludes halogenated alkanes) is 4. The standard InChI is InChI=1S/C24H35ClO3/c1-2-3-4-7-10-18-13-15-19(16-14-18)24-20(21(25)17-22(24)26)11-8-5-6-9-12-23(27)28/h5,8,13-16,20-22,24,26H,2-4,6-7,9-12,17H2,1H3,(H,27,28)/b8-5-/t20?,21?,22-,24?/m1/s1. The van der Waals surface area contributed by atoms with Crippen molar-refractivity contribution in [1.82, 2.24) is 0 Å². The third-order valence-corrected chi connectivity index (χ3v) is 6.33. The van der Waals surface area contributed by atoms with E-state index in [0.717, 1.165) is 19.3 Å². The molecule has 1 saturated carbocycles. The van der Waals surface area contributed by atoms with E-state index >= 15 is 0 Å². The molecule has 4 atom stereocenters. The summed E-state index contributed by atoms with van der Waals surface area (Å²) >= 11 is 6.56. The van der Waals surface area contributed by atoms with Crippen molar-refractivity contribution in [2.24, 2.45) is 5.92 Å². The lowest BCUT2D eigenvalue weighted by atomic mass is 9.85. The average Bonchev–Trinajstić information content (AvgIpc) is 2.95. The number of aryl methyl sites for hydroxylation is 1. The first-order valence-corrected chi connectivity index (χ1v) is 11.2. The molecule has 0 bridgehead atoms. The third kappa shape index (κ3) is 7.25. The number of hydrogen-bond donors (Lipinski definition) is 2. The Morgan fingerprint density at radius 2 is 1.89 bits per heavy atom. The Morgan fingerprint density at radius 1 is 1.14 bits per heavy atom. The zero-order valence-corrected chi connectivity index (χ0v) is 17.8. The number of halogens is 1. The number of alkyl halides is 1. The van der Waals surface area contributed by atoms with Gasteiger partial charge in [-0.2, -0.15) is 0 Å². The predicted octanol–water partition coefficient (Wildman–Crippen LogP) is 6.08. The Hall–Kier alpha value is -1.32. The van der Waals surface area contributed by atoms with Gasteiger partial charge in [-0.1, -0.05) is 62.6 Å². The summed E-state index contributed by atoms with van der Waals surface area (Å²) in [4.78, 5) is 10.6. The van der Waals surface area contributed by atoms with Gasteiger partial charge in [-0.3, -0.25) is 4.79 Å². The van der Waals surface area contributed by atoms with Crippen LogP contribution in [-0.2, 0) is 11.2 Å². The molecule has 3 nitrogen and oxygen atoms in total. The first-order valence-electron chi connectivity index (χ1n) is 10.8. The fraction of sp³-hybridized carbons (Fsp3) is 0.625. The molecule has 156 valence electrons. The molecule has 0 heterocycles. The molecule has 2 N–H and O–H groups in total. The fourth-order valence-corrected chi connectivity index (χ4v) is 4.67. The van der Waals surface area contributed by atoms with Gasteiger partial charge in [0.15, 0.2) is 0 Å². The van der Waals surface area contributed by atoms with Crippen LogP contribution in [0.25, 0.3) is 0 Å². The van der Waals surface area contributed by atoms with E-state index in [1.807, 2.05) is 6.08 Å². The van der Waals surface area contributed by atoms with Gasteiger partial charge in [0.1, 0.15) is 0 Å². The van der Waals surface area contributed by atoms with Crippen molar-refractivity contribution in [3.63, 3.8) is 0 Å². The van der Waals surface area contributed by atoms with Crippen LogP contribution in [0.1, 0.15) is 81.8 Å². The molecule has 0 amide bonds. The maximum Gasteiger partial charge on any atom is 0.303 e. The van der Waals surface area contributed by atoms with Crippen LogP contribution in [0, 0.1) is 5.92 Å². The Balaban J connectivity index is 1.91. The second-order valence-corrected chi connectivity index (χ2v) is 8.61. The summed E-state index contributed by atoms with van der Waals surface area (Å²) in [5, 5.41) is 19.2. The summed E-state index contributed by atoms with van der Waals surface area (Å²) in [5.74, 6) is -0.467. The fourth-order valence-electron chi connectivity index (χ4n) is 4.23. The number of carboxylic acids is 1. The maximum absolute atomic E-state index is 10.6. The first-order chi connectivity index (χ1) is 13.5. The molecule has 1 aliphatic rings. The number of aliphatic hydroxyl groups excluding tert-OH is 1. The average molecular weight is 407 g/mol. The highest BCUT2D eigenvalue weighted by atomic mass is 35.5. The number of carbonyl (C=O) groups is 1. The van der Waals surface area contributed by atoms with E-state index < -0.39 is 12.1 Å². The van der Waals surface area contributed by atoms with Gasteiger partial charge >= 0.3 is 5.97 Å². The SMILES string of the molecule is CCCCCCc1ccc(C2C(C/C=C\CCCC(=O)O)C(Cl)C[C@H]2O)cc1. The molecule has 0 aliphatic heterocycles. The summed E-state index contributed by atoms with van der Waals surface area (Å²) in [6, 6.07) is 8.74. The molecule has 4 heteroatoms. The van der Waals surface area contributed by atoms with Crippen molar-refractivity contribution >= 4 is 17.6 Å². The lowest BCUT2D eigenvalue weighted by Gasteiger charge is -2.23. The zero-order chi connectivity index (χ0) is 20.4. The van der Waals surface area contributed by atoms with Crippen LogP contribution in [0.15, 0.2) is 36.4 Å². The third-order valence-electron chi connectivity index (χ3n) is 5.83. The monoisotopic (exact) mass is 406 g/mol. The Labute approximate surface area is 174 Å². The molecular weight excluding hydrogens is 372 g/mol. The first kappa shape index (κ1) is 23.0. The van der Waals surface area contributed by atoms with Crippen molar-refractivity contribution in [3.8, 4) is 0 Å². The van der Waals surface area contributed by atoms with Crippen LogP contribution >= 0.6 is 11.6 Å². The maximum atomic E-state index is 10.6. The van der Waals surface area contributed by atoms with Gasteiger partial charge in [-0.25, -0.2) is 0 Å². The minimum Gasteiger partial charge on any atom is -0.481 e. The molecule has 1 fully saturated rings. The van der Waals surface area contributed by atoms with Crippen molar-refractivity contribution < 1.29 is 15.0 Å². The van der Waals surface area contributed by atoms with Crippen LogP contribution in [0.4, 0.5) is 0 Å². The lowest BCUT2D eigenvalue weighted by Crippen LogP contribution is -2.18. The highest BCUT2D eigenvalue weighted by molar-refractivity contribution is 6.21. The molecule has 1 aliphatic carbocycles. The summed E-state index contributed by atoms with van der Waals surface area (Å²) in [6.07, 6.45) is 13.0. The van der Waals surface area contributed by atoms with Gasteiger partial charge in [0.2, 0.25) is 0 Å². The van der Waals surface area contributed by atoms with E-state index in [0.29, 0.717) is 12.8 Å². The molecular formula is C24H35ClO3. The Kier molecular flexibility index (Phi) is 10.1. The molecule has 0 saturated heterocycles. The smallest absolute Gasteiger partial charge is 0.303 e. The van der Waals surface area contributed by atoms with Crippen molar-refractivity contribution in [2.45, 2.75) is 88.5 Å². The largest absolute Gasteiger partial charge is 0.481 e. The predicted molar refractivity (Wildman–Crippen MR) is 116 cm³/mol. The second-order valence-electron chi connectivity index (χ2n) is 8.05. The molecule has 1 aromatic carbocycles. The highest BCUT2D eigenvalue weighted by Crippen LogP contribution is 2.44. The Bertz CT molecular complexity index is 611. The van der Waals surface area contributed by atoms with E-state index in [2.05, 4.69) is 37.3 Å². The van der Waals surface area contributed by atoms with E-state index in [1.54, 1.807) is 0 Å². The molecule has 2 rings (SSSR count). The molecule has 28 heavy (non-hydrogen) atoms. The molecule has 0 spiro atoms. The number of aliphatic carboxylic acids is 1. The highest BCUT2D eigenvalue weighted by Gasteiger charge is 2.41. The summed E-state index contributed by atoms with van der Waals surface area (Å²) in [7, 11) is 0. The van der Waals surface area contributed by atoms with Gasteiger partial charge < -0.3 is 10.2 Å². The number of hydrogen-bond acceptors (Lipinski definition) is 2. The quantitative estimate of drug-likeness (QED) is 0.251. The van der Waals surface area contributed by atoms with E-state index in [4.69, 9.17) is 16.7 Å². The van der Waals surface area contributed by atoms with Gasteiger partial charge in [0, 0.05) is 17.7 Å². The minimum atomic E-state index is -0.748. The van der Waals surface area contributed by atoms with Gasteiger partial charge in [0.25, 0.3) is 0 Å². The van der Waals surface area contributed by atoms with Crippen molar-refractivity contribution in [1.29, 1.82) is 0 Å². The lowest BCUT2D eigenvalue weighted by molar-refractivity contribution is -0.137. The number of allylic oxidation sites excluding steroid dienone is 2. The number of rotatable bonds is 12. The Morgan fingerprint density at radius 3 is 2.57 bits per heavy atom. The van der Waals surface area contributed by atoms with Gasteiger partial charge in [-0.15, -0.1) is 11.6 Å². The van der Waals surface area contributed by atoms with E-state index in [-0.39, 0.29) is 23.6 Å². The van der Waals surface area contributed by atoms with E-state index in [1.165, 1.54) is 36.8 Å². The number of aliphatic hydroxyl groups is 1. The molecule has 0 radical (unpaired) electrons. The number of carboxylic acid groups (broad SMARTS) is 1. The van der Waals surface area contributed by atoms with Gasteiger partial charge in [-0.05, 0) is 55.6 Å². The normalized spacial score (nSPS) is 24.8. The van der Waals surface area contributed by atoms with Crippen LogP contribution < -0.4 is 0 Å². The van der Waals surface area contributed by atoms with Crippen LogP contribution in [0.3, 0.4) is 0 Å².